The normalized spacial score (nSPS) is 22.4. The van der Waals surface area contributed by atoms with Crippen LogP contribution in [0.4, 0.5) is 10.5 Å². The first-order chi connectivity index (χ1) is 12.0. The topological polar surface area (TPSA) is 73.0 Å². The molecule has 0 radical (unpaired) electrons. The van der Waals surface area contributed by atoms with Gasteiger partial charge in [0.2, 0.25) is 5.91 Å². The van der Waals surface area contributed by atoms with Crippen LogP contribution in [0.1, 0.15) is 18.4 Å². The molecule has 132 valence electrons. The molecule has 0 bridgehead atoms. The van der Waals surface area contributed by atoms with Crippen LogP contribution in [-0.2, 0) is 16.0 Å². The monoisotopic (exact) mass is 342 g/mol. The molecule has 2 fully saturated rings. The number of benzene rings is 1. The van der Waals surface area contributed by atoms with E-state index < -0.39 is 11.6 Å². The lowest BCUT2D eigenvalue weighted by molar-refractivity contribution is -0.135. The van der Waals surface area contributed by atoms with Gasteiger partial charge in [-0.2, -0.15) is 0 Å². The zero-order valence-corrected chi connectivity index (χ0v) is 14.3. The van der Waals surface area contributed by atoms with Gasteiger partial charge in [-0.15, -0.1) is 0 Å². The third-order valence-electron chi connectivity index (χ3n) is 5.57. The zero-order chi connectivity index (χ0) is 17.6. The van der Waals surface area contributed by atoms with E-state index in [1.165, 1.54) is 0 Å². The number of piperidine rings is 1. The number of carbonyl (C=O) groups is 3. The standard InChI is InChI=1S/C18H22N4O3/c1-20-10-7-18(8-11-20)16(24)22(17(25)19-18)12-15(23)21-9-6-13-4-2-3-5-14(13)21/h2-5H,6-12H2,1H3,(H,19,25). The largest absolute Gasteiger partial charge is 0.325 e. The second-order valence-electron chi connectivity index (χ2n) is 7.13. The highest BCUT2D eigenvalue weighted by Crippen LogP contribution is 2.30. The zero-order valence-electron chi connectivity index (χ0n) is 14.3. The predicted molar refractivity (Wildman–Crippen MR) is 92.2 cm³/mol. The molecule has 0 saturated carbocycles. The van der Waals surface area contributed by atoms with E-state index in [1.54, 1.807) is 4.90 Å². The Morgan fingerprint density at radius 2 is 1.88 bits per heavy atom. The Balaban J connectivity index is 1.49. The summed E-state index contributed by atoms with van der Waals surface area (Å²) in [5.41, 5.74) is 1.18. The number of urea groups is 1. The van der Waals surface area contributed by atoms with Crippen LogP contribution in [0.3, 0.4) is 0 Å². The molecule has 3 aliphatic rings. The minimum atomic E-state index is -0.827. The fraction of sp³-hybridized carbons (Fsp3) is 0.500. The molecule has 0 aliphatic carbocycles. The van der Waals surface area contributed by atoms with E-state index in [-0.39, 0.29) is 18.4 Å². The Kier molecular flexibility index (Phi) is 3.76. The SMILES string of the molecule is CN1CCC2(CC1)NC(=O)N(CC(=O)N1CCc3ccccc31)C2=O. The first-order valence-electron chi connectivity index (χ1n) is 8.71. The molecule has 0 unspecified atom stereocenters. The van der Waals surface area contributed by atoms with Crippen LogP contribution in [0, 0.1) is 0 Å². The lowest BCUT2D eigenvalue weighted by atomic mass is 9.88. The molecular formula is C18H22N4O3. The molecule has 7 heteroatoms. The van der Waals surface area contributed by atoms with E-state index in [0.717, 1.165) is 35.7 Å². The van der Waals surface area contributed by atoms with Crippen molar-refractivity contribution in [1.29, 1.82) is 0 Å². The van der Waals surface area contributed by atoms with Gasteiger partial charge < -0.3 is 15.1 Å². The maximum absolute atomic E-state index is 12.8. The predicted octanol–water partition coefficient (Wildman–Crippen LogP) is 0.592. The summed E-state index contributed by atoms with van der Waals surface area (Å²) < 4.78 is 0. The number of rotatable bonds is 2. The molecule has 3 heterocycles. The lowest BCUT2D eigenvalue weighted by Crippen LogP contribution is -2.54. The van der Waals surface area contributed by atoms with Gasteiger partial charge in [0.25, 0.3) is 5.91 Å². The van der Waals surface area contributed by atoms with Gasteiger partial charge >= 0.3 is 6.03 Å². The van der Waals surface area contributed by atoms with Crippen molar-refractivity contribution in [3.8, 4) is 0 Å². The first-order valence-corrected chi connectivity index (χ1v) is 8.71. The number of hydrogen-bond donors (Lipinski definition) is 1. The molecule has 25 heavy (non-hydrogen) atoms. The molecular weight excluding hydrogens is 320 g/mol. The highest BCUT2D eigenvalue weighted by molar-refractivity contribution is 6.10. The second-order valence-corrected chi connectivity index (χ2v) is 7.13. The smallest absolute Gasteiger partial charge is 0.323 e. The van der Waals surface area contributed by atoms with E-state index in [0.29, 0.717) is 19.4 Å². The number of hydrogen-bond acceptors (Lipinski definition) is 4. The Morgan fingerprint density at radius 1 is 1.16 bits per heavy atom. The van der Waals surface area contributed by atoms with Crippen molar-refractivity contribution in [2.45, 2.75) is 24.8 Å². The molecule has 1 spiro atoms. The molecule has 1 aromatic carbocycles. The van der Waals surface area contributed by atoms with Crippen LogP contribution in [0.25, 0.3) is 0 Å². The lowest BCUT2D eigenvalue weighted by Gasteiger charge is -2.35. The van der Waals surface area contributed by atoms with Crippen LogP contribution >= 0.6 is 0 Å². The van der Waals surface area contributed by atoms with Crippen LogP contribution in [-0.4, -0.2) is 66.4 Å². The van der Waals surface area contributed by atoms with Gasteiger partial charge in [0.05, 0.1) is 0 Å². The third-order valence-corrected chi connectivity index (χ3v) is 5.57. The summed E-state index contributed by atoms with van der Waals surface area (Å²) in [7, 11) is 2.00. The van der Waals surface area contributed by atoms with Crippen molar-refractivity contribution < 1.29 is 14.4 Å². The van der Waals surface area contributed by atoms with Crippen molar-refractivity contribution in [1.82, 2.24) is 15.1 Å². The molecule has 7 nitrogen and oxygen atoms in total. The second kappa shape index (κ2) is 5.84. The summed E-state index contributed by atoms with van der Waals surface area (Å²) in [6, 6.07) is 7.31. The average Bonchev–Trinajstić information content (AvgIpc) is 3.13. The van der Waals surface area contributed by atoms with Crippen LogP contribution in [0.15, 0.2) is 24.3 Å². The third kappa shape index (κ3) is 2.59. The van der Waals surface area contributed by atoms with Crippen LogP contribution < -0.4 is 10.2 Å². The highest BCUT2D eigenvalue weighted by atomic mass is 16.2. The number of amides is 4. The summed E-state index contributed by atoms with van der Waals surface area (Å²) in [5, 5.41) is 2.84. The van der Waals surface area contributed by atoms with Crippen molar-refractivity contribution in [2.75, 3.05) is 38.1 Å². The highest BCUT2D eigenvalue weighted by Gasteiger charge is 2.52. The number of anilines is 1. The summed E-state index contributed by atoms with van der Waals surface area (Å²) in [6.45, 7) is 1.91. The summed E-state index contributed by atoms with van der Waals surface area (Å²) >= 11 is 0. The van der Waals surface area contributed by atoms with E-state index in [1.807, 2.05) is 31.3 Å². The van der Waals surface area contributed by atoms with E-state index in [2.05, 4.69) is 10.2 Å². The molecule has 2 saturated heterocycles. The molecule has 3 aliphatic heterocycles. The van der Waals surface area contributed by atoms with Gasteiger partial charge in [-0.1, -0.05) is 18.2 Å². The molecule has 0 atom stereocenters. The number of fused-ring (bicyclic) bond motifs is 1. The van der Waals surface area contributed by atoms with Crippen LogP contribution in [0.5, 0.6) is 0 Å². The van der Waals surface area contributed by atoms with E-state index >= 15 is 0 Å². The van der Waals surface area contributed by atoms with Gasteiger partial charge in [0, 0.05) is 25.3 Å². The van der Waals surface area contributed by atoms with Gasteiger partial charge in [0.15, 0.2) is 0 Å². The summed E-state index contributed by atoms with van der Waals surface area (Å²) in [5.74, 6) is -0.468. The molecule has 1 N–H and O–H groups in total. The van der Waals surface area contributed by atoms with E-state index in [4.69, 9.17) is 0 Å². The van der Waals surface area contributed by atoms with Crippen molar-refractivity contribution in [3.05, 3.63) is 29.8 Å². The molecule has 4 rings (SSSR count). The maximum Gasteiger partial charge on any atom is 0.325 e. The summed E-state index contributed by atoms with van der Waals surface area (Å²) in [6.07, 6.45) is 1.98. The molecule has 0 aromatic heterocycles. The quantitative estimate of drug-likeness (QED) is 0.799. The maximum atomic E-state index is 12.8. The Bertz CT molecular complexity index is 740. The fourth-order valence-electron chi connectivity index (χ4n) is 3.98. The Hall–Kier alpha value is -2.41. The number of nitrogens with zero attached hydrogens (tertiary/aromatic N) is 3. The van der Waals surface area contributed by atoms with Crippen LogP contribution in [0.2, 0.25) is 0 Å². The molecule has 4 amide bonds. The summed E-state index contributed by atoms with van der Waals surface area (Å²) in [4.78, 5) is 42.8. The van der Waals surface area contributed by atoms with Gasteiger partial charge in [0.1, 0.15) is 12.1 Å². The van der Waals surface area contributed by atoms with Crippen molar-refractivity contribution in [3.63, 3.8) is 0 Å². The number of para-hydroxylation sites is 1. The average molecular weight is 342 g/mol. The number of imide groups is 1. The first kappa shape index (κ1) is 16.1. The number of carbonyl (C=O) groups excluding carboxylic acids is 3. The van der Waals surface area contributed by atoms with E-state index in [9.17, 15) is 14.4 Å². The Morgan fingerprint density at radius 3 is 2.64 bits per heavy atom. The molecule has 1 aromatic rings. The van der Waals surface area contributed by atoms with Crippen molar-refractivity contribution in [2.24, 2.45) is 0 Å². The minimum Gasteiger partial charge on any atom is -0.323 e. The number of likely N-dealkylation sites (tertiary alicyclic amines) is 1. The number of nitrogens with one attached hydrogen (secondary N) is 1. The van der Waals surface area contributed by atoms with Gasteiger partial charge in [-0.05, 0) is 37.9 Å². The Labute approximate surface area is 146 Å². The minimum absolute atomic E-state index is 0.198. The van der Waals surface area contributed by atoms with Crippen molar-refractivity contribution >= 4 is 23.5 Å². The van der Waals surface area contributed by atoms with Gasteiger partial charge in [-0.3, -0.25) is 14.5 Å². The fourth-order valence-corrected chi connectivity index (χ4v) is 3.98. The van der Waals surface area contributed by atoms with Gasteiger partial charge in [-0.25, -0.2) is 4.79 Å².